The van der Waals surface area contributed by atoms with Crippen LogP contribution in [-0.4, -0.2) is 29.9 Å². The molecule has 0 unspecified atom stereocenters. The van der Waals surface area contributed by atoms with Crippen molar-refractivity contribution in [3.05, 3.63) is 36.0 Å². The standard InChI is InChI=1S/C13H14FN3O2/c1-18-10-6-11(15-7-10)13-16-12(17-19-13)8-2-4-9(14)5-3-8/h2-5,10-11,15H,6-7H2,1H3/t10-,11+/m0/s1. The van der Waals surface area contributed by atoms with Crippen molar-refractivity contribution in [3.63, 3.8) is 0 Å². The first-order valence-corrected chi connectivity index (χ1v) is 6.12. The fourth-order valence-corrected chi connectivity index (χ4v) is 2.16. The number of benzene rings is 1. The van der Waals surface area contributed by atoms with E-state index in [2.05, 4.69) is 15.5 Å². The van der Waals surface area contributed by atoms with Gasteiger partial charge in [-0.1, -0.05) is 5.16 Å². The van der Waals surface area contributed by atoms with Gasteiger partial charge in [0.2, 0.25) is 11.7 Å². The Morgan fingerprint density at radius 3 is 2.84 bits per heavy atom. The second-order valence-electron chi connectivity index (χ2n) is 4.52. The molecule has 1 saturated heterocycles. The van der Waals surface area contributed by atoms with Gasteiger partial charge in [0, 0.05) is 19.2 Å². The van der Waals surface area contributed by atoms with Crippen LogP contribution in [0.4, 0.5) is 4.39 Å². The molecule has 0 radical (unpaired) electrons. The molecular formula is C13H14FN3O2. The lowest BCUT2D eigenvalue weighted by Gasteiger charge is -2.04. The second-order valence-corrected chi connectivity index (χ2v) is 4.52. The third kappa shape index (κ3) is 2.50. The molecule has 5 nitrogen and oxygen atoms in total. The van der Waals surface area contributed by atoms with Crippen LogP contribution in [0.15, 0.2) is 28.8 Å². The Hall–Kier alpha value is -1.79. The number of halogens is 1. The molecule has 0 saturated carbocycles. The first-order chi connectivity index (χ1) is 9.26. The summed E-state index contributed by atoms with van der Waals surface area (Å²) in [5.74, 6) is 0.726. The third-order valence-corrected chi connectivity index (χ3v) is 3.27. The fourth-order valence-electron chi connectivity index (χ4n) is 2.16. The number of methoxy groups -OCH3 is 1. The van der Waals surface area contributed by atoms with Crippen LogP contribution in [0.25, 0.3) is 11.4 Å². The van der Waals surface area contributed by atoms with Gasteiger partial charge in [-0.3, -0.25) is 0 Å². The molecule has 19 heavy (non-hydrogen) atoms. The quantitative estimate of drug-likeness (QED) is 0.916. The van der Waals surface area contributed by atoms with Gasteiger partial charge in [-0.15, -0.1) is 0 Å². The zero-order valence-corrected chi connectivity index (χ0v) is 10.5. The highest BCUT2D eigenvalue weighted by molar-refractivity contribution is 5.53. The number of aromatic nitrogens is 2. The summed E-state index contributed by atoms with van der Waals surface area (Å²) in [4.78, 5) is 4.34. The topological polar surface area (TPSA) is 60.2 Å². The highest BCUT2D eigenvalue weighted by atomic mass is 19.1. The zero-order valence-electron chi connectivity index (χ0n) is 10.5. The normalized spacial score (nSPS) is 22.8. The third-order valence-electron chi connectivity index (χ3n) is 3.27. The Morgan fingerprint density at radius 2 is 2.16 bits per heavy atom. The molecule has 2 atom stereocenters. The molecule has 1 fully saturated rings. The summed E-state index contributed by atoms with van der Waals surface area (Å²) in [5.41, 5.74) is 0.734. The Bertz CT molecular complexity index is 555. The number of nitrogens with one attached hydrogen (secondary N) is 1. The van der Waals surface area contributed by atoms with Gasteiger partial charge in [-0.25, -0.2) is 4.39 Å². The van der Waals surface area contributed by atoms with E-state index in [1.807, 2.05) is 0 Å². The van der Waals surface area contributed by atoms with E-state index in [1.165, 1.54) is 12.1 Å². The van der Waals surface area contributed by atoms with Crippen molar-refractivity contribution in [1.29, 1.82) is 0 Å². The van der Waals surface area contributed by atoms with Crippen molar-refractivity contribution < 1.29 is 13.7 Å². The predicted octanol–water partition coefficient (Wildman–Crippen LogP) is 1.93. The van der Waals surface area contributed by atoms with Crippen molar-refractivity contribution in [2.75, 3.05) is 13.7 Å². The molecule has 1 aliphatic heterocycles. The van der Waals surface area contributed by atoms with Crippen LogP contribution in [0.1, 0.15) is 18.4 Å². The summed E-state index contributed by atoms with van der Waals surface area (Å²) in [5, 5.41) is 7.19. The Balaban J connectivity index is 1.78. The van der Waals surface area contributed by atoms with Crippen LogP contribution in [0.3, 0.4) is 0 Å². The maximum absolute atomic E-state index is 12.8. The van der Waals surface area contributed by atoms with Crippen LogP contribution in [0.2, 0.25) is 0 Å². The average molecular weight is 263 g/mol. The SMILES string of the molecule is CO[C@@H]1CN[C@@H](c2nc(-c3ccc(F)cc3)no2)C1. The summed E-state index contributed by atoms with van der Waals surface area (Å²) >= 11 is 0. The van der Waals surface area contributed by atoms with Gasteiger partial charge in [0.1, 0.15) is 5.82 Å². The van der Waals surface area contributed by atoms with Gasteiger partial charge in [0.15, 0.2) is 0 Å². The van der Waals surface area contributed by atoms with E-state index in [1.54, 1.807) is 19.2 Å². The molecular weight excluding hydrogens is 249 g/mol. The van der Waals surface area contributed by atoms with E-state index in [4.69, 9.17) is 9.26 Å². The number of ether oxygens (including phenoxy) is 1. The molecule has 6 heteroatoms. The van der Waals surface area contributed by atoms with Crippen molar-refractivity contribution in [2.45, 2.75) is 18.6 Å². The highest BCUT2D eigenvalue weighted by Crippen LogP contribution is 2.25. The van der Waals surface area contributed by atoms with Crippen LogP contribution >= 0.6 is 0 Å². The van der Waals surface area contributed by atoms with Crippen molar-refractivity contribution in [1.82, 2.24) is 15.5 Å². The monoisotopic (exact) mass is 263 g/mol. The number of hydrogen-bond donors (Lipinski definition) is 1. The molecule has 3 rings (SSSR count). The van der Waals surface area contributed by atoms with E-state index in [-0.39, 0.29) is 18.0 Å². The highest BCUT2D eigenvalue weighted by Gasteiger charge is 2.29. The molecule has 1 N–H and O–H groups in total. The Kier molecular flexibility index (Phi) is 3.27. The summed E-state index contributed by atoms with van der Waals surface area (Å²) in [6.45, 7) is 0.773. The van der Waals surface area contributed by atoms with E-state index >= 15 is 0 Å². The van der Waals surface area contributed by atoms with Crippen molar-refractivity contribution >= 4 is 0 Å². The lowest BCUT2D eigenvalue weighted by atomic mass is 10.2. The second kappa shape index (κ2) is 5.07. The van der Waals surface area contributed by atoms with Gasteiger partial charge in [0.25, 0.3) is 0 Å². The summed E-state index contributed by atoms with van der Waals surface area (Å²) in [7, 11) is 1.69. The van der Waals surface area contributed by atoms with Crippen molar-refractivity contribution in [2.24, 2.45) is 0 Å². The van der Waals surface area contributed by atoms with Gasteiger partial charge in [-0.05, 0) is 30.7 Å². The smallest absolute Gasteiger partial charge is 0.244 e. The zero-order chi connectivity index (χ0) is 13.2. The molecule has 1 aliphatic rings. The average Bonchev–Trinajstić information content (AvgIpc) is 3.08. The first-order valence-electron chi connectivity index (χ1n) is 6.12. The van der Waals surface area contributed by atoms with Crippen LogP contribution in [0, 0.1) is 5.82 Å². The minimum atomic E-state index is -0.284. The largest absolute Gasteiger partial charge is 0.380 e. The number of hydrogen-bond acceptors (Lipinski definition) is 5. The Labute approximate surface area is 109 Å². The molecule has 2 heterocycles. The van der Waals surface area contributed by atoms with E-state index in [0.29, 0.717) is 11.7 Å². The van der Waals surface area contributed by atoms with Crippen LogP contribution < -0.4 is 5.32 Å². The van der Waals surface area contributed by atoms with Crippen LogP contribution in [-0.2, 0) is 4.74 Å². The van der Waals surface area contributed by atoms with Crippen molar-refractivity contribution in [3.8, 4) is 11.4 Å². The maximum Gasteiger partial charge on any atom is 0.244 e. The maximum atomic E-state index is 12.8. The molecule has 0 spiro atoms. The van der Waals surface area contributed by atoms with Gasteiger partial charge in [-0.2, -0.15) is 4.98 Å². The van der Waals surface area contributed by atoms with E-state index < -0.39 is 0 Å². The summed E-state index contributed by atoms with van der Waals surface area (Å²) in [6, 6.07) is 6.03. The van der Waals surface area contributed by atoms with E-state index in [9.17, 15) is 4.39 Å². The molecule has 1 aromatic heterocycles. The summed E-state index contributed by atoms with van der Waals surface area (Å²) < 4.78 is 23.4. The molecule has 0 amide bonds. The van der Waals surface area contributed by atoms with Gasteiger partial charge < -0.3 is 14.6 Å². The lowest BCUT2D eigenvalue weighted by molar-refractivity contribution is 0.116. The molecule has 100 valence electrons. The predicted molar refractivity (Wildman–Crippen MR) is 65.8 cm³/mol. The number of rotatable bonds is 3. The van der Waals surface area contributed by atoms with Crippen LogP contribution in [0.5, 0.6) is 0 Å². The Morgan fingerprint density at radius 1 is 1.37 bits per heavy atom. The molecule has 0 bridgehead atoms. The van der Waals surface area contributed by atoms with Gasteiger partial charge >= 0.3 is 0 Å². The minimum Gasteiger partial charge on any atom is -0.380 e. The fraction of sp³-hybridized carbons (Fsp3) is 0.385. The first kappa shape index (κ1) is 12.3. The lowest BCUT2D eigenvalue weighted by Crippen LogP contribution is -2.16. The number of nitrogens with zero attached hydrogens (tertiary/aromatic N) is 2. The molecule has 1 aromatic carbocycles. The summed E-state index contributed by atoms with van der Waals surface area (Å²) in [6.07, 6.45) is 0.979. The minimum absolute atomic E-state index is 0.0200. The van der Waals surface area contributed by atoms with E-state index in [0.717, 1.165) is 18.5 Å². The van der Waals surface area contributed by atoms with Gasteiger partial charge in [0.05, 0.1) is 12.1 Å². The molecule has 0 aliphatic carbocycles. The molecule has 2 aromatic rings.